The Labute approximate surface area is 192 Å². The molecule has 0 bridgehead atoms. The predicted octanol–water partition coefficient (Wildman–Crippen LogP) is 4.33. The SMILES string of the molecule is Cc1ccc(C)c2sc(N(CCN(C)C)C(=O)CCS(=O)(=O)c3ccc(Cl)cc3)nc12. The number of anilines is 1. The minimum atomic E-state index is -3.59. The van der Waals surface area contributed by atoms with Gasteiger partial charge in [-0.25, -0.2) is 13.4 Å². The van der Waals surface area contributed by atoms with Crippen molar-refractivity contribution in [2.24, 2.45) is 0 Å². The number of rotatable bonds is 8. The highest BCUT2D eigenvalue weighted by Crippen LogP contribution is 2.33. The van der Waals surface area contributed by atoms with E-state index in [1.54, 1.807) is 4.90 Å². The van der Waals surface area contributed by atoms with Crippen molar-refractivity contribution >= 4 is 54.0 Å². The average Bonchev–Trinajstić information content (AvgIpc) is 3.16. The number of aromatic nitrogens is 1. The fraction of sp³-hybridized carbons (Fsp3) is 0.364. The Hall–Kier alpha value is -2.00. The highest BCUT2D eigenvalue weighted by Gasteiger charge is 2.24. The molecule has 1 amide bonds. The second-order valence-corrected chi connectivity index (χ2v) is 11.3. The Morgan fingerprint density at radius 1 is 1.03 bits per heavy atom. The van der Waals surface area contributed by atoms with Crippen molar-refractivity contribution in [2.75, 3.05) is 37.8 Å². The van der Waals surface area contributed by atoms with E-state index in [9.17, 15) is 13.2 Å². The van der Waals surface area contributed by atoms with Gasteiger partial charge in [0, 0.05) is 24.5 Å². The monoisotopic (exact) mass is 479 g/mol. The van der Waals surface area contributed by atoms with Gasteiger partial charge in [0.15, 0.2) is 15.0 Å². The van der Waals surface area contributed by atoms with Gasteiger partial charge in [-0.15, -0.1) is 0 Å². The molecule has 0 radical (unpaired) electrons. The van der Waals surface area contributed by atoms with Crippen LogP contribution in [0.4, 0.5) is 5.13 Å². The summed E-state index contributed by atoms with van der Waals surface area (Å²) in [6.45, 7) is 5.10. The van der Waals surface area contributed by atoms with E-state index in [1.165, 1.54) is 35.6 Å². The number of benzene rings is 2. The van der Waals surface area contributed by atoms with E-state index in [0.29, 0.717) is 23.2 Å². The highest BCUT2D eigenvalue weighted by atomic mass is 35.5. The molecule has 166 valence electrons. The number of sulfone groups is 1. The van der Waals surface area contributed by atoms with Crippen LogP contribution in [-0.4, -0.2) is 57.1 Å². The van der Waals surface area contributed by atoms with Gasteiger partial charge in [-0.3, -0.25) is 9.69 Å². The van der Waals surface area contributed by atoms with Crippen LogP contribution in [0.1, 0.15) is 17.5 Å². The Morgan fingerprint density at radius 2 is 1.68 bits per heavy atom. The first-order valence-corrected chi connectivity index (χ1v) is 12.7. The Bertz CT molecular complexity index is 1150. The predicted molar refractivity (Wildman–Crippen MR) is 128 cm³/mol. The molecule has 3 rings (SSSR count). The molecule has 0 aliphatic carbocycles. The van der Waals surface area contributed by atoms with Gasteiger partial charge < -0.3 is 4.90 Å². The molecule has 0 spiro atoms. The van der Waals surface area contributed by atoms with Gasteiger partial charge in [-0.05, 0) is 63.3 Å². The number of nitrogens with zero attached hydrogens (tertiary/aromatic N) is 3. The number of hydrogen-bond donors (Lipinski definition) is 0. The first kappa shape index (κ1) is 23.7. The number of amides is 1. The minimum absolute atomic E-state index is 0.119. The molecule has 31 heavy (non-hydrogen) atoms. The van der Waals surface area contributed by atoms with Crippen LogP contribution in [0.15, 0.2) is 41.3 Å². The van der Waals surface area contributed by atoms with Crippen LogP contribution in [0.25, 0.3) is 10.2 Å². The normalized spacial score (nSPS) is 11.9. The third-order valence-corrected chi connectivity index (χ3v) is 8.19. The van der Waals surface area contributed by atoms with E-state index in [4.69, 9.17) is 16.6 Å². The molecule has 1 aromatic heterocycles. The van der Waals surface area contributed by atoms with Crippen LogP contribution >= 0.6 is 22.9 Å². The van der Waals surface area contributed by atoms with Gasteiger partial charge in [0.05, 0.1) is 20.9 Å². The van der Waals surface area contributed by atoms with Gasteiger partial charge in [0.2, 0.25) is 5.91 Å². The van der Waals surface area contributed by atoms with Crippen LogP contribution in [0.3, 0.4) is 0 Å². The summed E-state index contributed by atoms with van der Waals surface area (Å²) in [5.74, 6) is -0.525. The maximum Gasteiger partial charge on any atom is 0.229 e. The largest absolute Gasteiger partial charge is 0.308 e. The summed E-state index contributed by atoms with van der Waals surface area (Å²) in [6.07, 6.45) is -0.119. The number of thiazole rings is 1. The number of likely N-dealkylation sites (N-methyl/N-ethyl adjacent to an activating group) is 1. The maximum atomic E-state index is 13.1. The molecular formula is C22H26ClN3O3S2. The molecule has 0 atom stereocenters. The van der Waals surface area contributed by atoms with Crippen LogP contribution in [-0.2, 0) is 14.6 Å². The maximum absolute atomic E-state index is 13.1. The molecule has 1 heterocycles. The zero-order valence-corrected chi connectivity index (χ0v) is 20.4. The Balaban J connectivity index is 1.85. The van der Waals surface area contributed by atoms with Gasteiger partial charge in [0.25, 0.3) is 0 Å². The third-order valence-electron chi connectivity index (χ3n) is 4.99. The molecule has 9 heteroatoms. The van der Waals surface area contributed by atoms with E-state index in [1.807, 2.05) is 45.0 Å². The Morgan fingerprint density at radius 3 is 2.29 bits per heavy atom. The summed E-state index contributed by atoms with van der Waals surface area (Å²) in [5.41, 5.74) is 3.04. The van der Waals surface area contributed by atoms with Crippen LogP contribution < -0.4 is 4.90 Å². The van der Waals surface area contributed by atoms with Crippen molar-refractivity contribution in [1.29, 1.82) is 0 Å². The zero-order valence-electron chi connectivity index (χ0n) is 18.1. The van der Waals surface area contributed by atoms with E-state index in [0.717, 1.165) is 21.3 Å². The third kappa shape index (κ3) is 5.63. The lowest BCUT2D eigenvalue weighted by molar-refractivity contribution is -0.118. The number of hydrogen-bond acceptors (Lipinski definition) is 6. The van der Waals surface area contributed by atoms with E-state index >= 15 is 0 Å². The summed E-state index contributed by atoms with van der Waals surface area (Å²) in [7, 11) is 0.271. The smallest absolute Gasteiger partial charge is 0.229 e. The summed E-state index contributed by atoms with van der Waals surface area (Å²) in [5, 5.41) is 1.06. The van der Waals surface area contributed by atoms with Crippen molar-refractivity contribution in [1.82, 2.24) is 9.88 Å². The lowest BCUT2D eigenvalue weighted by atomic mass is 10.1. The molecule has 3 aromatic rings. The van der Waals surface area contributed by atoms with Gasteiger partial charge >= 0.3 is 0 Å². The molecule has 6 nitrogen and oxygen atoms in total. The standard InChI is InChI=1S/C22H26ClN3O3S2/c1-15-5-6-16(2)21-20(15)24-22(30-21)26(13-12-25(3)4)19(27)11-14-31(28,29)18-9-7-17(23)8-10-18/h5-10H,11-14H2,1-4H3. The number of carbonyl (C=O) groups excluding carboxylic acids is 1. The molecular weight excluding hydrogens is 454 g/mol. The van der Waals surface area contributed by atoms with E-state index in [-0.39, 0.29) is 23.0 Å². The Kier molecular flexibility index (Phi) is 7.36. The van der Waals surface area contributed by atoms with E-state index < -0.39 is 9.84 Å². The quantitative estimate of drug-likeness (QED) is 0.481. The number of halogens is 1. The van der Waals surface area contributed by atoms with Gasteiger partial charge in [0.1, 0.15) is 0 Å². The molecule has 2 aromatic carbocycles. The van der Waals surface area contributed by atoms with Gasteiger partial charge in [-0.2, -0.15) is 0 Å². The molecule has 0 fully saturated rings. The molecule has 0 saturated heterocycles. The number of aryl methyl sites for hydroxylation is 2. The lowest BCUT2D eigenvalue weighted by Crippen LogP contribution is -2.37. The van der Waals surface area contributed by atoms with Crippen molar-refractivity contribution < 1.29 is 13.2 Å². The first-order valence-electron chi connectivity index (χ1n) is 9.88. The fourth-order valence-corrected chi connectivity index (χ4v) is 5.62. The van der Waals surface area contributed by atoms with Crippen molar-refractivity contribution in [2.45, 2.75) is 25.2 Å². The second-order valence-electron chi connectivity index (χ2n) is 7.74. The number of fused-ring (bicyclic) bond motifs is 1. The molecule has 0 unspecified atom stereocenters. The second kappa shape index (κ2) is 9.65. The highest BCUT2D eigenvalue weighted by molar-refractivity contribution is 7.91. The van der Waals surface area contributed by atoms with Crippen molar-refractivity contribution in [3.05, 3.63) is 52.5 Å². The van der Waals surface area contributed by atoms with Crippen molar-refractivity contribution in [3.8, 4) is 0 Å². The lowest BCUT2D eigenvalue weighted by Gasteiger charge is -2.22. The van der Waals surface area contributed by atoms with Crippen molar-refractivity contribution in [3.63, 3.8) is 0 Å². The fourth-order valence-electron chi connectivity index (χ4n) is 3.11. The minimum Gasteiger partial charge on any atom is -0.308 e. The topological polar surface area (TPSA) is 70.6 Å². The van der Waals surface area contributed by atoms with Crippen LogP contribution in [0.5, 0.6) is 0 Å². The van der Waals surface area contributed by atoms with Crippen LogP contribution in [0.2, 0.25) is 5.02 Å². The van der Waals surface area contributed by atoms with Crippen LogP contribution in [0, 0.1) is 13.8 Å². The van der Waals surface area contributed by atoms with Gasteiger partial charge in [-0.1, -0.05) is 35.1 Å². The molecule has 0 aliphatic rings. The summed E-state index contributed by atoms with van der Waals surface area (Å²) >= 11 is 7.32. The molecule has 0 saturated carbocycles. The molecule has 0 aliphatic heterocycles. The summed E-state index contributed by atoms with van der Waals surface area (Å²) in [4.78, 5) is 21.6. The first-order chi connectivity index (χ1) is 14.6. The molecule has 0 N–H and O–H groups in total. The van der Waals surface area contributed by atoms with E-state index in [2.05, 4.69) is 0 Å². The average molecular weight is 480 g/mol. The summed E-state index contributed by atoms with van der Waals surface area (Å²) in [6, 6.07) is 10.1. The summed E-state index contributed by atoms with van der Waals surface area (Å²) < 4.78 is 26.4. The number of carbonyl (C=O) groups is 1. The zero-order chi connectivity index (χ0) is 22.8.